The molecule has 1 radical (unpaired) electrons. The number of nitrogens with one attached hydrogen (secondary N) is 1. The summed E-state index contributed by atoms with van der Waals surface area (Å²) in [5, 5.41) is 0. The second-order valence-corrected chi connectivity index (χ2v) is 3.00. The van der Waals surface area contributed by atoms with Gasteiger partial charge in [-0.2, -0.15) is 0 Å². The molecule has 0 saturated carbocycles. The molecule has 65 valence electrons. The smallest absolute Gasteiger partial charge is 0.110 e. The SMILES string of the molecule is [CH2]c1c[nH]c(Cc2ccccc2)n1. The van der Waals surface area contributed by atoms with E-state index in [0.717, 1.165) is 17.9 Å². The normalized spacial score (nSPS) is 10.2. The molecule has 0 amide bonds. The van der Waals surface area contributed by atoms with Crippen molar-refractivity contribution in [2.24, 2.45) is 0 Å². The summed E-state index contributed by atoms with van der Waals surface area (Å²) in [7, 11) is 0. The molecule has 0 aliphatic carbocycles. The van der Waals surface area contributed by atoms with Gasteiger partial charge in [-0.3, -0.25) is 0 Å². The largest absolute Gasteiger partial charge is 0.348 e. The Morgan fingerprint density at radius 3 is 2.62 bits per heavy atom. The highest BCUT2D eigenvalue weighted by Crippen LogP contribution is 2.05. The number of aromatic nitrogens is 2. The molecule has 2 nitrogen and oxygen atoms in total. The van der Waals surface area contributed by atoms with Crippen molar-refractivity contribution in [2.45, 2.75) is 6.42 Å². The van der Waals surface area contributed by atoms with Crippen LogP contribution in [-0.4, -0.2) is 9.97 Å². The minimum Gasteiger partial charge on any atom is -0.348 e. The lowest BCUT2D eigenvalue weighted by atomic mass is 10.1. The molecule has 0 bridgehead atoms. The second kappa shape index (κ2) is 3.44. The maximum absolute atomic E-state index is 4.24. The third-order valence-electron chi connectivity index (χ3n) is 1.90. The van der Waals surface area contributed by atoms with E-state index in [2.05, 4.69) is 29.0 Å². The number of rotatable bonds is 2. The van der Waals surface area contributed by atoms with Crippen LogP contribution < -0.4 is 0 Å². The van der Waals surface area contributed by atoms with Crippen LogP contribution in [-0.2, 0) is 6.42 Å². The number of H-pyrrole nitrogens is 1. The first-order chi connectivity index (χ1) is 6.34. The summed E-state index contributed by atoms with van der Waals surface area (Å²) in [4.78, 5) is 7.32. The first-order valence-corrected chi connectivity index (χ1v) is 4.25. The average molecular weight is 171 g/mol. The van der Waals surface area contributed by atoms with E-state index in [9.17, 15) is 0 Å². The van der Waals surface area contributed by atoms with E-state index in [4.69, 9.17) is 0 Å². The van der Waals surface area contributed by atoms with Gasteiger partial charge in [0.15, 0.2) is 0 Å². The van der Waals surface area contributed by atoms with Gasteiger partial charge in [0.1, 0.15) is 5.82 Å². The molecule has 1 aromatic carbocycles. The molecular weight excluding hydrogens is 160 g/mol. The van der Waals surface area contributed by atoms with Gasteiger partial charge in [-0.15, -0.1) is 0 Å². The van der Waals surface area contributed by atoms with E-state index in [0.29, 0.717) is 0 Å². The van der Waals surface area contributed by atoms with Crippen molar-refractivity contribution in [1.82, 2.24) is 9.97 Å². The maximum Gasteiger partial charge on any atom is 0.110 e. The van der Waals surface area contributed by atoms with Crippen molar-refractivity contribution in [3.8, 4) is 0 Å². The van der Waals surface area contributed by atoms with Gasteiger partial charge in [-0.25, -0.2) is 4.98 Å². The molecule has 0 spiro atoms. The molecule has 2 aromatic rings. The van der Waals surface area contributed by atoms with Crippen LogP contribution in [0.4, 0.5) is 0 Å². The Hall–Kier alpha value is -1.57. The molecule has 1 aromatic heterocycles. The van der Waals surface area contributed by atoms with Crippen LogP contribution in [0, 0.1) is 6.92 Å². The van der Waals surface area contributed by atoms with Crippen LogP contribution in [0.25, 0.3) is 0 Å². The standard InChI is InChI=1S/C11H11N2/c1-9-8-12-11(13-9)7-10-5-3-2-4-6-10/h2-6,8H,1,7H2,(H,12,13). The van der Waals surface area contributed by atoms with Crippen molar-refractivity contribution < 1.29 is 0 Å². The van der Waals surface area contributed by atoms with Gasteiger partial charge in [0.2, 0.25) is 0 Å². The number of benzene rings is 1. The first kappa shape index (κ1) is 8.05. The fraction of sp³-hybridized carbons (Fsp3) is 0.0909. The zero-order valence-electron chi connectivity index (χ0n) is 7.33. The fourth-order valence-corrected chi connectivity index (χ4v) is 1.28. The molecule has 13 heavy (non-hydrogen) atoms. The van der Waals surface area contributed by atoms with Crippen molar-refractivity contribution in [2.75, 3.05) is 0 Å². The summed E-state index contributed by atoms with van der Waals surface area (Å²) in [6.07, 6.45) is 2.66. The van der Waals surface area contributed by atoms with Crippen LogP contribution in [0.5, 0.6) is 0 Å². The number of nitrogens with zero attached hydrogens (tertiary/aromatic N) is 1. The Bertz CT molecular complexity index is 376. The molecule has 0 atom stereocenters. The third kappa shape index (κ3) is 1.96. The van der Waals surface area contributed by atoms with E-state index in [1.54, 1.807) is 0 Å². The number of hydrogen-bond donors (Lipinski definition) is 1. The van der Waals surface area contributed by atoms with E-state index in [1.165, 1.54) is 5.56 Å². The predicted molar refractivity (Wildman–Crippen MR) is 52.3 cm³/mol. The highest BCUT2D eigenvalue weighted by atomic mass is 14.9. The molecular formula is C11H11N2. The lowest BCUT2D eigenvalue weighted by molar-refractivity contribution is 1.02. The quantitative estimate of drug-likeness (QED) is 0.737. The molecule has 0 aliphatic heterocycles. The fourth-order valence-electron chi connectivity index (χ4n) is 1.28. The van der Waals surface area contributed by atoms with Crippen LogP contribution in [0.1, 0.15) is 17.1 Å². The Morgan fingerprint density at radius 2 is 2.00 bits per heavy atom. The van der Waals surface area contributed by atoms with Crippen LogP contribution in [0.15, 0.2) is 36.5 Å². The Kier molecular flexibility index (Phi) is 2.13. The van der Waals surface area contributed by atoms with Gasteiger partial charge < -0.3 is 4.98 Å². The monoisotopic (exact) mass is 171 g/mol. The Labute approximate surface area is 77.6 Å². The van der Waals surface area contributed by atoms with E-state index in [1.807, 2.05) is 24.4 Å². The van der Waals surface area contributed by atoms with Crippen molar-refractivity contribution in [3.05, 3.63) is 60.5 Å². The highest BCUT2D eigenvalue weighted by Gasteiger charge is 1.98. The molecule has 2 heteroatoms. The van der Waals surface area contributed by atoms with Crippen molar-refractivity contribution in [1.29, 1.82) is 0 Å². The summed E-state index contributed by atoms with van der Waals surface area (Å²) in [6, 6.07) is 10.3. The minimum absolute atomic E-state index is 0.797. The molecule has 1 heterocycles. The maximum atomic E-state index is 4.24. The minimum atomic E-state index is 0.797. The van der Waals surface area contributed by atoms with Crippen LogP contribution in [0.3, 0.4) is 0 Å². The highest BCUT2D eigenvalue weighted by molar-refractivity contribution is 5.19. The van der Waals surface area contributed by atoms with E-state index < -0.39 is 0 Å². The Morgan fingerprint density at radius 1 is 1.23 bits per heavy atom. The average Bonchev–Trinajstić information content (AvgIpc) is 2.53. The summed E-state index contributed by atoms with van der Waals surface area (Å²) in [5.41, 5.74) is 2.06. The number of hydrogen-bond acceptors (Lipinski definition) is 1. The lowest BCUT2D eigenvalue weighted by Crippen LogP contribution is -1.89. The van der Waals surface area contributed by atoms with Crippen LogP contribution in [0.2, 0.25) is 0 Å². The lowest BCUT2D eigenvalue weighted by Gasteiger charge is -1.96. The van der Waals surface area contributed by atoms with E-state index >= 15 is 0 Å². The predicted octanol–water partition coefficient (Wildman–Crippen LogP) is 2.18. The summed E-state index contributed by atoms with van der Waals surface area (Å²) < 4.78 is 0. The van der Waals surface area contributed by atoms with Crippen LogP contribution >= 0.6 is 0 Å². The molecule has 0 saturated heterocycles. The van der Waals surface area contributed by atoms with Gasteiger partial charge in [-0.05, 0) is 12.5 Å². The topological polar surface area (TPSA) is 28.7 Å². The zero-order valence-corrected chi connectivity index (χ0v) is 7.33. The van der Waals surface area contributed by atoms with Crippen molar-refractivity contribution >= 4 is 0 Å². The molecule has 0 fully saturated rings. The third-order valence-corrected chi connectivity index (χ3v) is 1.90. The summed E-state index contributed by atoms with van der Waals surface area (Å²) in [6.45, 7) is 3.74. The molecule has 0 aliphatic rings. The van der Waals surface area contributed by atoms with Crippen molar-refractivity contribution in [3.63, 3.8) is 0 Å². The number of aromatic amines is 1. The molecule has 2 rings (SSSR count). The first-order valence-electron chi connectivity index (χ1n) is 4.25. The van der Waals surface area contributed by atoms with E-state index in [-0.39, 0.29) is 0 Å². The second-order valence-electron chi connectivity index (χ2n) is 3.00. The zero-order chi connectivity index (χ0) is 9.10. The van der Waals surface area contributed by atoms with Gasteiger partial charge in [-0.1, -0.05) is 30.3 Å². The molecule has 1 N–H and O–H groups in total. The number of imidazole rings is 1. The van der Waals surface area contributed by atoms with Gasteiger partial charge in [0, 0.05) is 12.6 Å². The van der Waals surface area contributed by atoms with Gasteiger partial charge >= 0.3 is 0 Å². The summed E-state index contributed by atoms with van der Waals surface area (Å²) >= 11 is 0. The van der Waals surface area contributed by atoms with Gasteiger partial charge in [0.25, 0.3) is 0 Å². The summed E-state index contributed by atoms with van der Waals surface area (Å²) in [5.74, 6) is 0.969. The molecule has 0 unspecified atom stereocenters. The Balaban J connectivity index is 2.15. The van der Waals surface area contributed by atoms with Gasteiger partial charge in [0.05, 0.1) is 5.69 Å².